The van der Waals surface area contributed by atoms with E-state index in [0.29, 0.717) is 6.42 Å². The van der Waals surface area contributed by atoms with Crippen LogP contribution in [-0.2, 0) is 12.0 Å². The highest BCUT2D eigenvalue weighted by Crippen LogP contribution is 2.38. The molecule has 17 heavy (non-hydrogen) atoms. The van der Waals surface area contributed by atoms with E-state index in [4.69, 9.17) is 0 Å². The van der Waals surface area contributed by atoms with Gasteiger partial charge in [-0.2, -0.15) is 0 Å². The summed E-state index contributed by atoms with van der Waals surface area (Å²) in [7, 11) is 0. The van der Waals surface area contributed by atoms with Crippen molar-refractivity contribution in [2.45, 2.75) is 12.0 Å². The lowest BCUT2D eigenvalue weighted by atomic mass is 9.74. The Morgan fingerprint density at radius 3 is 2.41 bits per heavy atom. The molecule has 0 spiro atoms. The molecular weight excluding hydrogens is 208 g/mol. The summed E-state index contributed by atoms with van der Waals surface area (Å²) in [5.41, 5.74) is 2.12. The first-order valence-electron chi connectivity index (χ1n) is 5.67. The average molecular weight is 220 g/mol. The minimum absolute atomic E-state index is 0.628. The van der Waals surface area contributed by atoms with Crippen molar-refractivity contribution in [3.8, 4) is 11.8 Å². The first-order valence-corrected chi connectivity index (χ1v) is 5.67. The third-order valence-corrected chi connectivity index (χ3v) is 3.10. The van der Waals surface area contributed by atoms with E-state index in [2.05, 4.69) is 11.8 Å². The third kappa shape index (κ3) is 1.73. The molecule has 3 rings (SSSR count). The van der Waals surface area contributed by atoms with Gasteiger partial charge in [0.15, 0.2) is 5.60 Å². The molecule has 1 unspecified atom stereocenters. The Hall–Kier alpha value is -2.04. The molecule has 0 saturated heterocycles. The molecule has 1 aliphatic rings. The van der Waals surface area contributed by atoms with Gasteiger partial charge >= 0.3 is 0 Å². The zero-order valence-electron chi connectivity index (χ0n) is 9.35. The monoisotopic (exact) mass is 220 g/mol. The van der Waals surface area contributed by atoms with Gasteiger partial charge < -0.3 is 5.11 Å². The summed E-state index contributed by atoms with van der Waals surface area (Å²) in [5.74, 6) is 6.00. The Morgan fingerprint density at radius 2 is 1.65 bits per heavy atom. The number of hydrogen-bond donors (Lipinski definition) is 1. The van der Waals surface area contributed by atoms with Gasteiger partial charge in [-0.05, 0) is 23.3 Å². The molecule has 0 amide bonds. The summed E-state index contributed by atoms with van der Waals surface area (Å²) >= 11 is 0. The van der Waals surface area contributed by atoms with Crippen molar-refractivity contribution in [3.63, 3.8) is 0 Å². The van der Waals surface area contributed by atoms with Crippen LogP contribution in [0.2, 0.25) is 0 Å². The summed E-state index contributed by atoms with van der Waals surface area (Å²) in [6.45, 7) is 0. The number of benzene rings is 2. The average Bonchev–Trinajstić information content (AvgIpc) is 2.37. The largest absolute Gasteiger partial charge is 0.373 e. The summed E-state index contributed by atoms with van der Waals surface area (Å²) in [4.78, 5) is 0. The molecule has 0 saturated carbocycles. The fraction of sp³-hybridized carbons (Fsp3) is 0.125. The molecule has 0 heterocycles. The maximum atomic E-state index is 10.3. The van der Waals surface area contributed by atoms with E-state index in [1.807, 2.05) is 54.6 Å². The summed E-state index contributed by atoms with van der Waals surface area (Å²) in [6, 6.07) is 17.6. The topological polar surface area (TPSA) is 20.2 Å². The summed E-state index contributed by atoms with van der Waals surface area (Å²) in [5, 5.41) is 10.3. The number of fused-ring (bicyclic) bond motifs is 1. The minimum Gasteiger partial charge on any atom is -0.373 e. The molecule has 0 fully saturated rings. The fourth-order valence-electron chi connectivity index (χ4n) is 2.15. The van der Waals surface area contributed by atoms with Gasteiger partial charge in [0.05, 0.1) is 0 Å². The van der Waals surface area contributed by atoms with Gasteiger partial charge in [0, 0.05) is 12.0 Å². The van der Waals surface area contributed by atoms with E-state index in [1.54, 1.807) is 0 Å². The molecule has 0 bridgehead atoms. The second kappa shape index (κ2) is 3.76. The van der Waals surface area contributed by atoms with Crippen molar-refractivity contribution in [2.24, 2.45) is 0 Å². The summed E-state index contributed by atoms with van der Waals surface area (Å²) in [6.07, 6.45) is 0.628. The van der Waals surface area contributed by atoms with Crippen LogP contribution in [0.15, 0.2) is 54.6 Å². The van der Waals surface area contributed by atoms with Crippen LogP contribution in [0.25, 0.3) is 0 Å². The first kappa shape index (κ1) is 10.1. The van der Waals surface area contributed by atoms with Crippen molar-refractivity contribution in [3.05, 3.63) is 71.3 Å². The van der Waals surface area contributed by atoms with Crippen LogP contribution >= 0.6 is 0 Å². The zero-order valence-corrected chi connectivity index (χ0v) is 9.35. The molecule has 1 nitrogen and oxygen atoms in total. The van der Waals surface area contributed by atoms with Crippen molar-refractivity contribution in [1.29, 1.82) is 0 Å². The molecule has 0 radical (unpaired) electrons. The SMILES string of the molecule is OC1(C#Cc2ccccc2)Cc2ccccc21. The molecule has 1 atom stereocenters. The van der Waals surface area contributed by atoms with Crippen molar-refractivity contribution >= 4 is 0 Å². The minimum atomic E-state index is -0.952. The van der Waals surface area contributed by atoms with Crippen molar-refractivity contribution in [1.82, 2.24) is 0 Å². The molecule has 2 aromatic rings. The maximum absolute atomic E-state index is 10.3. The Labute approximate surface area is 101 Å². The lowest BCUT2D eigenvalue weighted by Crippen LogP contribution is -2.37. The van der Waals surface area contributed by atoms with Crippen LogP contribution in [0.4, 0.5) is 0 Å². The van der Waals surface area contributed by atoms with Gasteiger partial charge in [-0.15, -0.1) is 0 Å². The van der Waals surface area contributed by atoms with E-state index in [-0.39, 0.29) is 0 Å². The highest BCUT2D eigenvalue weighted by molar-refractivity contribution is 5.50. The van der Waals surface area contributed by atoms with Crippen LogP contribution in [0, 0.1) is 11.8 Å². The van der Waals surface area contributed by atoms with Gasteiger partial charge in [0.25, 0.3) is 0 Å². The Kier molecular flexibility index (Phi) is 2.24. The van der Waals surface area contributed by atoms with E-state index in [9.17, 15) is 5.11 Å². The fourth-order valence-corrected chi connectivity index (χ4v) is 2.15. The smallest absolute Gasteiger partial charge is 0.155 e. The van der Waals surface area contributed by atoms with Crippen molar-refractivity contribution in [2.75, 3.05) is 0 Å². The first-order chi connectivity index (χ1) is 8.28. The molecular formula is C16H12O. The van der Waals surface area contributed by atoms with Crippen LogP contribution in [-0.4, -0.2) is 5.11 Å². The number of rotatable bonds is 0. The van der Waals surface area contributed by atoms with Crippen LogP contribution in [0.1, 0.15) is 16.7 Å². The quantitative estimate of drug-likeness (QED) is 0.676. The Morgan fingerprint density at radius 1 is 0.941 bits per heavy atom. The lowest BCUT2D eigenvalue weighted by molar-refractivity contribution is 0.0756. The highest BCUT2D eigenvalue weighted by Gasteiger charge is 2.38. The maximum Gasteiger partial charge on any atom is 0.155 e. The van der Waals surface area contributed by atoms with Gasteiger partial charge in [0.2, 0.25) is 0 Å². The molecule has 0 aromatic heterocycles. The second-order valence-corrected chi connectivity index (χ2v) is 4.31. The van der Waals surface area contributed by atoms with Gasteiger partial charge in [0.1, 0.15) is 0 Å². The van der Waals surface area contributed by atoms with E-state index in [1.165, 1.54) is 5.56 Å². The van der Waals surface area contributed by atoms with Crippen LogP contribution in [0.5, 0.6) is 0 Å². The van der Waals surface area contributed by atoms with Gasteiger partial charge in [-0.1, -0.05) is 54.3 Å². The Balaban J connectivity index is 1.92. The summed E-state index contributed by atoms with van der Waals surface area (Å²) < 4.78 is 0. The second-order valence-electron chi connectivity index (χ2n) is 4.31. The molecule has 2 aromatic carbocycles. The van der Waals surface area contributed by atoms with E-state index >= 15 is 0 Å². The number of aliphatic hydroxyl groups is 1. The zero-order chi connectivity index (χ0) is 11.7. The van der Waals surface area contributed by atoms with E-state index < -0.39 is 5.60 Å². The van der Waals surface area contributed by atoms with E-state index in [0.717, 1.165) is 11.1 Å². The molecule has 82 valence electrons. The molecule has 1 aliphatic carbocycles. The molecule has 1 N–H and O–H groups in total. The highest BCUT2D eigenvalue weighted by atomic mass is 16.3. The predicted molar refractivity (Wildman–Crippen MR) is 67.4 cm³/mol. The Bertz CT molecular complexity index is 604. The lowest BCUT2D eigenvalue weighted by Gasteiger charge is -2.34. The van der Waals surface area contributed by atoms with Crippen LogP contribution in [0.3, 0.4) is 0 Å². The molecule has 0 aliphatic heterocycles. The van der Waals surface area contributed by atoms with Gasteiger partial charge in [-0.25, -0.2) is 0 Å². The third-order valence-electron chi connectivity index (χ3n) is 3.10. The normalized spacial score (nSPS) is 20.8. The predicted octanol–water partition coefficient (Wildman–Crippen LogP) is 2.48. The van der Waals surface area contributed by atoms with Crippen LogP contribution < -0.4 is 0 Å². The van der Waals surface area contributed by atoms with Gasteiger partial charge in [-0.3, -0.25) is 0 Å². The number of hydrogen-bond acceptors (Lipinski definition) is 1. The molecule has 1 heteroatoms. The standard InChI is InChI=1S/C16H12O/c17-16(11-10-13-6-2-1-3-7-13)12-14-8-4-5-9-15(14)16/h1-9,17H,12H2. The van der Waals surface area contributed by atoms with Crippen molar-refractivity contribution < 1.29 is 5.11 Å².